The van der Waals surface area contributed by atoms with E-state index in [9.17, 15) is 14.7 Å². The fraction of sp³-hybridized carbons (Fsp3) is 0.412. The van der Waals surface area contributed by atoms with Gasteiger partial charge in [0.05, 0.1) is 16.8 Å². The van der Waals surface area contributed by atoms with Gasteiger partial charge in [0.1, 0.15) is 5.75 Å². The number of rotatable bonds is 2. The molecule has 1 aromatic rings. The number of hydrogen-bond acceptors (Lipinski definition) is 4. The van der Waals surface area contributed by atoms with Crippen LogP contribution in [0.1, 0.15) is 42.3 Å². The first-order valence-corrected chi connectivity index (χ1v) is 7.27. The van der Waals surface area contributed by atoms with Gasteiger partial charge in [-0.15, -0.1) is 0 Å². The number of benzene rings is 1. The lowest BCUT2D eigenvalue weighted by Crippen LogP contribution is -2.47. The second kappa shape index (κ2) is 4.43. The number of nitrogens with zero attached hydrogens (tertiary/aromatic N) is 2. The van der Waals surface area contributed by atoms with Crippen LogP contribution in [0.5, 0.6) is 5.75 Å². The van der Waals surface area contributed by atoms with Crippen molar-refractivity contribution >= 4 is 23.0 Å². The van der Waals surface area contributed by atoms with Crippen molar-refractivity contribution < 1.29 is 14.7 Å². The highest BCUT2D eigenvalue weighted by Crippen LogP contribution is 2.48. The molecule has 3 rings (SSSR count). The van der Waals surface area contributed by atoms with Crippen molar-refractivity contribution in [2.75, 3.05) is 19.0 Å². The minimum Gasteiger partial charge on any atom is -0.508 e. The van der Waals surface area contributed by atoms with Gasteiger partial charge >= 0.3 is 0 Å². The Bertz CT molecular complexity index is 745. The van der Waals surface area contributed by atoms with Gasteiger partial charge in [0.2, 0.25) is 0 Å². The van der Waals surface area contributed by atoms with Crippen LogP contribution in [0.2, 0.25) is 0 Å². The van der Waals surface area contributed by atoms with Crippen LogP contribution in [-0.4, -0.2) is 41.3 Å². The molecule has 2 aliphatic rings. The van der Waals surface area contributed by atoms with Crippen molar-refractivity contribution in [3.63, 3.8) is 0 Å². The Morgan fingerprint density at radius 2 is 1.91 bits per heavy atom. The zero-order valence-corrected chi connectivity index (χ0v) is 13.5. The molecule has 5 heteroatoms. The van der Waals surface area contributed by atoms with E-state index in [1.165, 1.54) is 0 Å². The van der Waals surface area contributed by atoms with Crippen molar-refractivity contribution in [1.29, 1.82) is 0 Å². The summed E-state index contributed by atoms with van der Waals surface area (Å²) >= 11 is 0. The molecule has 0 aromatic heterocycles. The summed E-state index contributed by atoms with van der Waals surface area (Å²) in [6.45, 7) is 6.17. The van der Waals surface area contributed by atoms with E-state index in [2.05, 4.69) is 0 Å². The van der Waals surface area contributed by atoms with E-state index in [0.29, 0.717) is 23.4 Å². The van der Waals surface area contributed by atoms with Crippen molar-refractivity contribution in [3.05, 3.63) is 28.8 Å². The molecular weight excluding hydrogens is 280 g/mol. The van der Waals surface area contributed by atoms with Crippen LogP contribution in [0, 0.1) is 0 Å². The number of allylic oxidation sites excluding steroid dienone is 1. The molecule has 0 bridgehead atoms. The third-order valence-electron chi connectivity index (χ3n) is 4.28. The van der Waals surface area contributed by atoms with Crippen LogP contribution in [0.4, 0.5) is 5.69 Å². The zero-order chi connectivity index (χ0) is 16.4. The maximum absolute atomic E-state index is 12.6. The van der Waals surface area contributed by atoms with Crippen molar-refractivity contribution in [1.82, 2.24) is 4.90 Å². The van der Waals surface area contributed by atoms with Crippen LogP contribution >= 0.6 is 0 Å². The van der Waals surface area contributed by atoms with Gasteiger partial charge in [-0.3, -0.25) is 14.5 Å². The van der Waals surface area contributed by atoms with Gasteiger partial charge in [-0.05, 0) is 46.5 Å². The Kier molecular flexibility index (Phi) is 2.98. The molecule has 22 heavy (non-hydrogen) atoms. The van der Waals surface area contributed by atoms with Gasteiger partial charge in [0, 0.05) is 17.7 Å². The highest BCUT2D eigenvalue weighted by atomic mass is 16.3. The molecule has 2 aliphatic heterocycles. The highest BCUT2D eigenvalue weighted by Gasteiger charge is 2.48. The lowest BCUT2D eigenvalue weighted by Gasteiger charge is -2.38. The minimum atomic E-state index is -0.554. The number of phenolic OH excluding ortho intramolecular Hbond substituents is 1. The summed E-state index contributed by atoms with van der Waals surface area (Å²) in [5.74, 6) is -0.978. The molecule has 1 aromatic carbocycles. The normalized spacial score (nSPS) is 18.8. The SMILES string of the molecule is CC1=CC(C)(C)N2C(=O)C(=O)c3c(CN(C)C)c(O)cc1c32. The molecule has 0 saturated carbocycles. The monoisotopic (exact) mass is 300 g/mol. The molecule has 5 nitrogen and oxygen atoms in total. The molecule has 0 spiro atoms. The fourth-order valence-electron chi connectivity index (χ4n) is 3.48. The van der Waals surface area contributed by atoms with E-state index in [-0.39, 0.29) is 5.75 Å². The molecule has 0 atom stereocenters. The third kappa shape index (κ3) is 1.82. The molecule has 0 fully saturated rings. The van der Waals surface area contributed by atoms with Crippen LogP contribution in [0.3, 0.4) is 0 Å². The average Bonchev–Trinajstić information content (AvgIpc) is 2.64. The standard InChI is InChI=1S/C17H20N2O3/c1-9-7-17(2,3)19-14-10(9)6-12(20)11(8-18(4)5)13(14)15(21)16(19)22/h6-7,20H,8H2,1-5H3. The summed E-state index contributed by atoms with van der Waals surface area (Å²) in [5, 5.41) is 10.4. The Morgan fingerprint density at radius 3 is 2.50 bits per heavy atom. The van der Waals surface area contributed by atoms with Gasteiger partial charge in [-0.1, -0.05) is 6.08 Å². The molecule has 0 saturated heterocycles. The Morgan fingerprint density at radius 1 is 1.27 bits per heavy atom. The van der Waals surface area contributed by atoms with E-state index in [0.717, 1.165) is 11.1 Å². The van der Waals surface area contributed by atoms with Crippen LogP contribution < -0.4 is 4.90 Å². The number of aromatic hydroxyl groups is 1. The summed E-state index contributed by atoms with van der Waals surface area (Å²) in [5.41, 5.74) is 2.70. The third-order valence-corrected chi connectivity index (χ3v) is 4.28. The van der Waals surface area contributed by atoms with Gasteiger partial charge < -0.3 is 10.0 Å². The van der Waals surface area contributed by atoms with Crippen LogP contribution in [-0.2, 0) is 11.3 Å². The Hall–Kier alpha value is -2.14. The first-order valence-electron chi connectivity index (χ1n) is 7.27. The average molecular weight is 300 g/mol. The second-order valence-electron chi connectivity index (χ2n) is 6.83. The molecular formula is C17H20N2O3. The van der Waals surface area contributed by atoms with E-state index >= 15 is 0 Å². The summed E-state index contributed by atoms with van der Waals surface area (Å²) in [6.07, 6.45) is 1.96. The molecule has 116 valence electrons. The van der Waals surface area contributed by atoms with Gasteiger partial charge in [-0.2, -0.15) is 0 Å². The Labute approximate surface area is 129 Å². The molecule has 1 N–H and O–H groups in total. The first kappa shape index (κ1) is 14.8. The number of carbonyl (C=O) groups excluding carboxylic acids is 2. The lowest BCUT2D eigenvalue weighted by molar-refractivity contribution is -0.115. The molecule has 2 heterocycles. The number of hydrogen-bond donors (Lipinski definition) is 1. The first-order chi connectivity index (χ1) is 10.1. The molecule has 0 radical (unpaired) electrons. The largest absolute Gasteiger partial charge is 0.508 e. The minimum absolute atomic E-state index is 0.0675. The highest BCUT2D eigenvalue weighted by molar-refractivity contribution is 6.53. The van der Waals surface area contributed by atoms with E-state index in [1.807, 2.05) is 45.8 Å². The van der Waals surface area contributed by atoms with Gasteiger partial charge in [-0.25, -0.2) is 0 Å². The number of carbonyl (C=O) groups is 2. The number of Topliss-reactive ketones (excluding diaryl/α,β-unsaturated/α-hetero) is 1. The quantitative estimate of drug-likeness (QED) is 0.850. The zero-order valence-electron chi connectivity index (χ0n) is 13.5. The summed E-state index contributed by atoms with van der Waals surface area (Å²) in [4.78, 5) is 28.5. The van der Waals surface area contributed by atoms with Crippen LogP contribution in [0.15, 0.2) is 12.1 Å². The molecule has 1 amide bonds. The van der Waals surface area contributed by atoms with Gasteiger partial charge in [0.15, 0.2) is 0 Å². The summed E-state index contributed by atoms with van der Waals surface area (Å²) < 4.78 is 0. The topological polar surface area (TPSA) is 60.9 Å². The lowest BCUT2D eigenvalue weighted by atomic mass is 9.87. The molecule has 0 aliphatic carbocycles. The van der Waals surface area contributed by atoms with Crippen molar-refractivity contribution in [2.45, 2.75) is 32.9 Å². The predicted octanol–water partition coefficient (Wildman–Crippen LogP) is 2.18. The summed E-state index contributed by atoms with van der Waals surface area (Å²) in [7, 11) is 3.72. The van der Waals surface area contributed by atoms with E-state index in [4.69, 9.17) is 0 Å². The maximum Gasteiger partial charge on any atom is 0.300 e. The predicted molar refractivity (Wildman–Crippen MR) is 85.0 cm³/mol. The summed E-state index contributed by atoms with van der Waals surface area (Å²) in [6, 6.07) is 1.66. The van der Waals surface area contributed by atoms with Crippen molar-refractivity contribution in [2.24, 2.45) is 0 Å². The number of anilines is 1. The maximum atomic E-state index is 12.6. The molecule has 0 unspecified atom stereocenters. The van der Waals surface area contributed by atoms with Crippen LogP contribution in [0.25, 0.3) is 5.57 Å². The van der Waals surface area contributed by atoms with E-state index < -0.39 is 17.2 Å². The van der Waals surface area contributed by atoms with Crippen molar-refractivity contribution in [3.8, 4) is 5.75 Å². The van der Waals surface area contributed by atoms with E-state index in [1.54, 1.807) is 11.0 Å². The number of amides is 1. The van der Waals surface area contributed by atoms with Gasteiger partial charge in [0.25, 0.3) is 11.7 Å². The fourth-order valence-corrected chi connectivity index (χ4v) is 3.48. The number of ketones is 1. The Balaban J connectivity index is 2.37. The smallest absolute Gasteiger partial charge is 0.300 e. The number of phenols is 1. The second-order valence-corrected chi connectivity index (χ2v) is 6.83.